The van der Waals surface area contributed by atoms with Gasteiger partial charge in [0.1, 0.15) is 0 Å². The van der Waals surface area contributed by atoms with Gasteiger partial charge in [0.15, 0.2) is 0 Å². The fourth-order valence-electron chi connectivity index (χ4n) is 1.92. The van der Waals surface area contributed by atoms with Crippen LogP contribution < -0.4 is 10.6 Å². The molecule has 0 fully saturated rings. The normalized spacial score (nSPS) is 11.5. The van der Waals surface area contributed by atoms with Crippen LogP contribution in [0.1, 0.15) is 25.3 Å². The number of hydrogen-bond acceptors (Lipinski definition) is 3. The predicted molar refractivity (Wildman–Crippen MR) is 87.7 cm³/mol. The van der Waals surface area contributed by atoms with Gasteiger partial charge in [0.2, 0.25) is 11.8 Å². The van der Waals surface area contributed by atoms with Crippen LogP contribution in [-0.2, 0) is 20.7 Å². The molecule has 0 heterocycles. The van der Waals surface area contributed by atoms with E-state index in [-0.39, 0.29) is 17.9 Å². The van der Waals surface area contributed by atoms with Crippen molar-refractivity contribution in [2.75, 3.05) is 19.0 Å². The summed E-state index contributed by atoms with van der Waals surface area (Å²) in [6, 6.07) is 7.42. The molecule has 0 aliphatic rings. The van der Waals surface area contributed by atoms with Gasteiger partial charge in [-0.1, -0.05) is 25.6 Å². The highest BCUT2D eigenvalue weighted by molar-refractivity contribution is 5.98. The molecule has 22 heavy (non-hydrogen) atoms. The van der Waals surface area contributed by atoms with Crippen LogP contribution in [0.3, 0.4) is 0 Å². The van der Waals surface area contributed by atoms with Gasteiger partial charge in [0.05, 0.1) is 6.10 Å². The molecule has 2 N–H and O–H groups in total. The fraction of sp³-hybridized carbons (Fsp3) is 0.412. The first-order valence-electron chi connectivity index (χ1n) is 7.40. The van der Waals surface area contributed by atoms with E-state index in [1.807, 2.05) is 31.2 Å². The van der Waals surface area contributed by atoms with Crippen molar-refractivity contribution < 1.29 is 14.3 Å². The summed E-state index contributed by atoms with van der Waals surface area (Å²) in [5, 5.41) is 5.55. The maximum absolute atomic E-state index is 11.8. The molecule has 0 bridgehead atoms. The van der Waals surface area contributed by atoms with Crippen molar-refractivity contribution in [3.05, 3.63) is 42.5 Å². The maximum atomic E-state index is 11.8. The van der Waals surface area contributed by atoms with Crippen molar-refractivity contribution in [2.45, 2.75) is 32.3 Å². The van der Waals surface area contributed by atoms with Gasteiger partial charge < -0.3 is 15.4 Å². The molecular formula is C17H24N2O3. The highest BCUT2D eigenvalue weighted by atomic mass is 16.5. The largest absolute Gasteiger partial charge is 0.380 e. The Bertz CT molecular complexity index is 493. The summed E-state index contributed by atoms with van der Waals surface area (Å²) in [5.74, 6) is -0.227. The van der Waals surface area contributed by atoms with Gasteiger partial charge in [-0.2, -0.15) is 0 Å². The summed E-state index contributed by atoms with van der Waals surface area (Å²) in [4.78, 5) is 22.9. The van der Waals surface area contributed by atoms with Crippen LogP contribution in [-0.4, -0.2) is 31.6 Å². The Morgan fingerprint density at radius 3 is 2.55 bits per heavy atom. The van der Waals surface area contributed by atoms with Crippen molar-refractivity contribution >= 4 is 17.5 Å². The first-order chi connectivity index (χ1) is 10.6. The Morgan fingerprint density at radius 1 is 1.32 bits per heavy atom. The van der Waals surface area contributed by atoms with Gasteiger partial charge >= 0.3 is 0 Å². The monoisotopic (exact) mass is 304 g/mol. The van der Waals surface area contributed by atoms with Gasteiger partial charge in [-0.15, -0.1) is 0 Å². The summed E-state index contributed by atoms with van der Waals surface area (Å²) < 4.78 is 5.21. The minimum absolute atomic E-state index is 0.0135. The van der Waals surface area contributed by atoms with Gasteiger partial charge in [-0.05, 0) is 36.6 Å². The molecule has 0 aliphatic carbocycles. The fourth-order valence-corrected chi connectivity index (χ4v) is 1.92. The van der Waals surface area contributed by atoms with Crippen LogP contribution in [0.15, 0.2) is 36.9 Å². The van der Waals surface area contributed by atoms with E-state index in [4.69, 9.17) is 4.74 Å². The molecule has 0 aromatic heterocycles. The van der Waals surface area contributed by atoms with Gasteiger partial charge in [-0.3, -0.25) is 9.59 Å². The molecule has 0 saturated heterocycles. The van der Waals surface area contributed by atoms with Crippen molar-refractivity contribution in [3.63, 3.8) is 0 Å². The summed E-state index contributed by atoms with van der Waals surface area (Å²) in [6.45, 7) is 5.96. The van der Waals surface area contributed by atoms with E-state index in [9.17, 15) is 9.59 Å². The molecule has 0 radical (unpaired) electrons. The lowest BCUT2D eigenvalue weighted by atomic mass is 10.1. The van der Waals surface area contributed by atoms with Crippen molar-refractivity contribution in [3.8, 4) is 0 Å². The zero-order valence-corrected chi connectivity index (χ0v) is 13.2. The molecule has 5 nitrogen and oxygen atoms in total. The lowest BCUT2D eigenvalue weighted by molar-refractivity contribution is -0.121. The zero-order chi connectivity index (χ0) is 16.4. The van der Waals surface area contributed by atoms with Gasteiger partial charge in [0.25, 0.3) is 0 Å². The van der Waals surface area contributed by atoms with E-state index in [0.717, 1.165) is 12.0 Å². The van der Waals surface area contributed by atoms with Crippen molar-refractivity contribution in [1.82, 2.24) is 5.32 Å². The second-order valence-electron chi connectivity index (χ2n) is 4.96. The minimum atomic E-state index is -0.240. The Morgan fingerprint density at radius 2 is 2.00 bits per heavy atom. The Balaban J connectivity index is 2.36. The lowest BCUT2D eigenvalue weighted by Crippen LogP contribution is -2.32. The third kappa shape index (κ3) is 6.54. The number of hydrogen-bond donors (Lipinski definition) is 2. The topological polar surface area (TPSA) is 67.4 Å². The quantitative estimate of drug-likeness (QED) is 0.688. The number of carbonyl (C=O) groups excluding carboxylic acids is 2. The molecule has 120 valence electrons. The third-order valence-electron chi connectivity index (χ3n) is 3.36. The molecule has 1 unspecified atom stereocenters. The number of aryl methyl sites for hydroxylation is 1. The number of benzene rings is 1. The smallest absolute Gasteiger partial charge is 0.247 e. The summed E-state index contributed by atoms with van der Waals surface area (Å²) in [7, 11) is 1.65. The van der Waals surface area contributed by atoms with Crippen LogP contribution in [0.5, 0.6) is 0 Å². The van der Waals surface area contributed by atoms with Gasteiger partial charge in [-0.25, -0.2) is 0 Å². The number of nitrogens with one attached hydrogen (secondary N) is 2. The highest BCUT2D eigenvalue weighted by Crippen LogP contribution is 2.11. The molecule has 1 rings (SSSR count). The lowest BCUT2D eigenvalue weighted by Gasteiger charge is -2.13. The molecule has 1 aromatic carbocycles. The van der Waals surface area contributed by atoms with E-state index >= 15 is 0 Å². The molecule has 0 spiro atoms. The summed E-state index contributed by atoms with van der Waals surface area (Å²) in [5.41, 5.74) is 1.76. The highest BCUT2D eigenvalue weighted by Gasteiger charge is 2.07. The number of rotatable bonds is 9. The van der Waals surface area contributed by atoms with Crippen molar-refractivity contribution in [1.29, 1.82) is 0 Å². The first-order valence-corrected chi connectivity index (χ1v) is 7.40. The average molecular weight is 304 g/mol. The van der Waals surface area contributed by atoms with Crippen molar-refractivity contribution in [2.24, 2.45) is 0 Å². The van der Waals surface area contributed by atoms with Crippen LogP contribution >= 0.6 is 0 Å². The number of anilines is 1. The number of amides is 2. The third-order valence-corrected chi connectivity index (χ3v) is 3.36. The Hall–Kier alpha value is -2.14. The molecule has 5 heteroatoms. The summed E-state index contributed by atoms with van der Waals surface area (Å²) in [6.07, 6.45) is 3.25. The maximum Gasteiger partial charge on any atom is 0.247 e. The second kappa shape index (κ2) is 9.73. The molecule has 0 saturated carbocycles. The van der Waals surface area contributed by atoms with Crippen LogP contribution in [0.2, 0.25) is 0 Å². The van der Waals surface area contributed by atoms with E-state index in [2.05, 4.69) is 17.2 Å². The summed E-state index contributed by atoms with van der Waals surface area (Å²) >= 11 is 0. The standard InChI is InChI=1S/C17H24N2O3/c1-4-15(22-3)12-18-17(21)11-8-13-6-9-14(10-7-13)19-16(20)5-2/h5-7,9-10,15H,2,4,8,11-12H2,1,3H3,(H,18,21)(H,19,20). The second-order valence-corrected chi connectivity index (χ2v) is 4.96. The van der Waals surface area contributed by atoms with E-state index in [1.165, 1.54) is 6.08 Å². The number of carbonyl (C=O) groups is 2. The minimum Gasteiger partial charge on any atom is -0.380 e. The van der Waals surface area contributed by atoms with E-state index < -0.39 is 0 Å². The Labute approximate surface area is 131 Å². The van der Waals surface area contributed by atoms with Crippen LogP contribution in [0.25, 0.3) is 0 Å². The van der Waals surface area contributed by atoms with E-state index in [1.54, 1.807) is 7.11 Å². The molecule has 1 aromatic rings. The molecule has 0 aliphatic heterocycles. The molecular weight excluding hydrogens is 280 g/mol. The predicted octanol–water partition coefficient (Wildman–Crippen LogP) is 2.28. The number of methoxy groups -OCH3 is 1. The van der Waals surface area contributed by atoms with E-state index in [0.29, 0.717) is 25.1 Å². The van der Waals surface area contributed by atoms with Gasteiger partial charge in [0, 0.05) is 25.8 Å². The Kier molecular flexibility index (Phi) is 7.92. The molecule has 1 atom stereocenters. The SMILES string of the molecule is C=CC(=O)Nc1ccc(CCC(=O)NCC(CC)OC)cc1. The van der Waals surface area contributed by atoms with Crippen LogP contribution in [0.4, 0.5) is 5.69 Å². The first kappa shape index (κ1) is 17.9. The zero-order valence-electron chi connectivity index (χ0n) is 13.2. The average Bonchev–Trinajstić information content (AvgIpc) is 2.55. The van der Waals surface area contributed by atoms with Crippen LogP contribution in [0, 0.1) is 0 Å². The number of ether oxygens (including phenoxy) is 1. The molecule has 2 amide bonds.